The standard InChI is InChI=1S/C16H22N4O/c1-5-17-9-13-15(10-19-16(20-13)11(2)3)21-14-7-6-8-18-12(14)4/h6-8,10-11,17H,5,9H2,1-4H3. The highest BCUT2D eigenvalue weighted by Gasteiger charge is 2.12. The van der Waals surface area contributed by atoms with Gasteiger partial charge in [-0.3, -0.25) is 4.98 Å². The van der Waals surface area contributed by atoms with E-state index in [1.807, 2.05) is 19.1 Å². The molecule has 0 saturated heterocycles. The lowest BCUT2D eigenvalue weighted by molar-refractivity contribution is 0.457. The molecule has 112 valence electrons. The molecule has 0 radical (unpaired) electrons. The zero-order valence-electron chi connectivity index (χ0n) is 13.1. The summed E-state index contributed by atoms with van der Waals surface area (Å²) in [5, 5.41) is 3.29. The second-order valence-electron chi connectivity index (χ2n) is 5.16. The highest BCUT2D eigenvalue weighted by atomic mass is 16.5. The van der Waals surface area contributed by atoms with E-state index in [1.165, 1.54) is 0 Å². The summed E-state index contributed by atoms with van der Waals surface area (Å²) in [4.78, 5) is 13.2. The molecule has 0 unspecified atom stereocenters. The van der Waals surface area contributed by atoms with Gasteiger partial charge >= 0.3 is 0 Å². The molecule has 0 aliphatic rings. The van der Waals surface area contributed by atoms with E-state index in [1.54, 1.807) is 12.4 Å². The third kappa shape index (κ3) is 3.98. The van der Waals surface area contributed by atoms with E-state index in [0.717, 1.165) is 29.5 Å². The Labute approximate surface area is 125 Å². The fraction of sp³-hybridized carbons (Fsp3) is 0.438. The Morgan fingerprint density at radius 2 is 2.05 bits per heavy atom. The molecule has 5 nitrogen and oxygen atoms in total. The van der Waals surface area contributed by atoms with Crippen LogP contribution in [0.5, 0.6) is 11.5 Å². The average molecular weight is 286 g/mol. The van der Waals surface area contributed by atoms with Gasteiger partial charge in [0.2, 0.25) is 0 Å². The number of rotatable bonds is 6. The Kier molecular flexibility index (Phi) is 5.22. The summed E-state index contributed by atoms with van der Waals surface area (Å²) in [6, 6.07) is 3.76. The van der Waals surface area contributed by atoms with Crippen LogP contribution >= 0.6 is 0 Å². The minimum Gasteiger partial charge on any atom is -0.452 e. The van der Waals surface area contributed by atoms with Gasteiger partial charge in [-0.15, -0.1) is 0 Å². The summed E-state index contributed by atoms with van der Waals surface area (Å²) >= 11 is 0. The molecule has 0 saturated carbocycles. The minimum absolute atomic E-state index is 0.291. The number of ether oxygens (including phenoxy) is 1. The van der Waals surface area contributed by atoms with Gasteiger partial charge in [0.25, 0.3) is 0 Å². The molecular formula is C16H22N4O. The van der Waals surface area contributed by atoms with Crippen molar-refractivity contribution in [2.75, 3.05) is 6.54 Å². The molecule has 2 aromatic rings. The van der Waals surface area contributed by atoms with E-state index in [2.05, 4.69) is 41.0 Å². The van der Waals surface area contributed by atoms with Gasteiger partial charge < -0.3 is 10.1 Å². The fourth-order valence-corrected chi connectivity index (χ4v) is 1.85. The fourth-order valence-electron chi connectivity index (χ4n) is 1.85. The molecular weight excluding hydrogens is 264 g/mol. The van der Waals surface area contributed by atoms with E-state index in [9.17, 15) is 0 Å². The number of nitrogens with zero attached hydrogens (tertiary/aromatic N) is 3. The first kappa shape index (κ1) is 15.4. The maximum absolute atomic E-state index is 5.94. The van der Waals surface area contributed by atoms with E-state index in [4.69, 9.17) is 4.74 Å². The second-order valence-corrected chi connectivity index (χ2v) is 5.16. The van der Waals surface area contributed by atoms with Gasteiger partial charge in [-0.05, 0) is 25.6 Å². The maximum atomic E-state index is 5.94. The number of aryl methyl sites for hydroxylation is 1. The highest BCUT2D eigenvalue weighted by molar-refractivity contribution is 5.34. The summed E-state index contributed by atoms with van der Waals surface area (Å²) < 4.78 is 5.94. The molecule has 0 fully saturated rings. The predicted octanol–water partition coefficient (Wildman–Crippen LogP) is 3.21. The number of hydrogen-bond donors (Lipinski definition) is 1. The Hall–Kier alpha value is -2.01. The molecule has 2 aromatic heterocycles. The van der Waals surface area contributed by atoms with Crippen molar-refractivity contribution in [3.05, 3.63) is 41.7 Å². The van der Waals surface area contributed by atoms with Crippen molar-refractivity contribution in [1.29, 1.82) is 0 Å². The Morgan fingerprint density at radius 3 is 2.71 bits per heavy atom. The van der Waals surface area contributed by atoms with Gasteiger partial charge in [-0.25, -0.2) is 9.97 Å². The van der Waals surface area contributed by atoms with Crippen LogP contribution in [0.25, 0.3) is 0 Å². The lowest BCUT2D eigenvalue weighted by Gasteiger charge is -2.13. The number of nitrogens with one attached hydrogen (secondary N) is 1. The SMILES string of the molecule is CCNCc1nc(C(C)C)ncc1Oc1cccnc1C. The molecule has 0 atom stereocenters. The number of aromatic nitrogens is 3. The number of hydrogen-bond acceptors (Lipinski definition) is 5. The Balaban J connectivity index is 2.31. The van der Waals surface area contributed by atoms with Gasteiger partial charge in [0.15, 0.2) is 5.75 Å². The first-order chi connectivity index (χ1) is 10.1. The van der Waals surface area contributed by atoms with Crippen LogP contribution in [-0.4, -0.2) is 21.5 Å². The topological polar surface area (TPSA) is 59.9 Å². The predicted molar refractivity (Wildman–Crippen MR) is 82.5 cm³/mol. The van der Waals surface area contributed by atoms with Crippen LogP contribution in [-0.2, 0) is 6.54 Å². The summed E-state index contributed by atoms with van der Waals surface area (Å²) in [5.74, 6) is 2.53. The summed E-state index contributed by atoms with van der Waals surface area (Å²) in [5.41, 5.74) is 1.72. The molecule has 0 spiro atoms. The third-order valence-electron chi connectivity index (χ3n) is 3.09. The van der Waals surface area contributed by atoms with Crippen molar-refractivity contribution < 1.29 is 4.74 Å². The Bertz CT molecular complexity index is 599. The molecule has 2 rings (SSSR count). The highest BCUT2D eigenvalue weighted by Crippen LogP contribution is 2.26. The van der Waals surface area contributed by atoms with Crippen molar-refractivity contribution >= 4 is 0 Å². The van der Waals surface area contributed by atoms with Gasteiger partial charge in [0.1, 0.15) is 17.3 Å². The monoisotopic (exact) mass is 286 g/mol. The molecule has 0 bridgehead atoms. The first-order valence-corrected chi connectivity index (χ1v) is 7.27. The van der Waals surface area contributed by atoms with Crippen LogP contribution < -0.4 is 10.1 Å². The van der Waals surface area contributed by atoms with Crippen molar-refractivity contribution in [3.63, 3.8) is 0 Å². The molecule has 0 aliphatic heterocycles. The van der Waals surface area contributed by atoms with Crippen LogP contribution in [0, 0.1) is 6.92 Å². The Morgan fingerprint density at radius 1 is 1.24 bits per heavy atom. The lowest BCUT2D eigenvalue weighted by Crippen LogP contribution is -2.15. The summed E-state index contributed by atoms with van der Waals surface area (Å²) in [6.45, 7) is 9.69. The van der Waals surface area contributed by atoms with Crippen LogP contribution in [0.4, 0.5) is 0 Å². The molecule has 21 heavy (non-hydrogen) atoms. The van der Waals surface area contributed by atoms with Crippen LogP contribution in [0.1, 0.15) is 43.9 Å². The summed E-state index contributed by atoms with van der Waals surface area (Å²) in [7, 11) is 0. The first-order valence-electron chi connectivity index (χ1n) is 7.27. The molecule has 0 aromatic carbocycles. The van der Waals surface area contributed by atoms with Crippen molar-refractivity contribution in [2.45, 2.75) is 40.2 Å². The van der Waals surface area contributed by atoms with Crippen molar-refractivity contribution in [1.82, 2.24) is 20.3 Å². The van der Waals surface area contributed by atoms with Crippen molar-refractivity contribution in [3.8, 4) is 11.5 Å². The third-order valence-corrected chi connectivity index (χ3v) is 3.09. The van der Waals surface area contributed by atoms with Crippen LogP contribution in [0.3, 0.4) is 0 Å². The van der Waals surface area contributed by atoms with E-state index < -0.39 is 0 Å². The van der Waals surface area contributed by atoms with E-state index >= 15 is 0 Å². The lowest BCUT2D eigenvalue weighted by atomic mass is 10.2. The molecule has 1 N–H and O–H groups in total. The van der Waals surface area contributed by atoms with Crippen LogP contribution in [0.2, 0.25) is 0 Å². The maximum Gasteiger partial charge on any atom is 0.168 e. The average Bonchev–Trinajstić information content (AvgIpc) is 2.48. The zero-order chi connectivity index (χ0) is 15.2. The number of pyridine rings is 1. The largest absolute Gasteiger partial charge is 0.452 e. The smallest absolute Gasteiger partial charge is 0.168 e. The molecule has 2 heterocycles. The molecule has 5 heteroatoms. The molecule has 0 amide bonds. The second kappa shape index (κ2) is 7.13. The van der Waals surface area contributed by atoms with Gasteiger partial charge in [0, 0.05) is 18.7 Å². The van der Waals surface area contributed by atoms with Gasteiger partial charge in [-0.1, -0.05) is 20.8 Å². The minimum atomic E-state index is 0.291. The quantitative estimate of drug-likeness (QED) is 0.883. The van der Waals surface area contributed by atoms with Crippen molar-refractivity contribution in [2.24, 2.45) is 0 Å². The zero-order valence-corrected chi connectivity index (χ0v) is 13.1. The van der Waals surface area contributed by atoms with E-state index in [-0.39, 0.29) is 0 Å². The van der Waals surface area contributed by atoms with Gasteiger partial charge in [-0.2, -0.15) is 0 Å². The van der Waals surface area contributed by atoms with E-state index in [0.29, 0.717) is 18.2 Å². The molecule has 0 aliphatic carbocycles. The van der Waals surface area contributed by atoms with Crippen LogP contribution in [0.15, 0.2) is 24.5 Å². The normalized spacial score (nSPS) is 10.9. The summed E-state index contributed by atoms with van der Waals surface area (Å²) in [6.07, 6.45) is 3.50. The van der Waals surface area contributed by atoms with Gasteiger partial charge in [0.05, 0.1) is 11.9 Å².